The van der Waals surface area contributed by atoms with Gasteiger partial charge in [0.15, 0.2) is 11.5 Å². The number of nitrogens with zero attached hydrogens (tertiary/aromatic N) is 1. The summed E-state index contributed by atoms with van der Waals surface area (Å²) in [6.45, 7) is 1.23. The zero-order chi connectivity index (χ0) is 22.3. The van der Waals surface area contributed by atoms with Crippen molar-refractivity contribution < 1.29 is 17.9 Å². The Morgan fingerprint density at radius 3 is 2.50 bits per heavy atom. The van der Waals surface area contributed by atoms with Crippen molar-refractivity contribution in [3.8, 4) is 11.5 Å². The van der Waals surface area contributed by atoms with E-state index in [0.29, 0.717) is 35.4 Å². The minimum atomic E-state index is -3.46. The zero-order valence-corrected chi connectivity index (χ0v) is 19.4. The van der Waals surface area contributed by atoms with Gasteiger partial charge in [-0.1, -0.05) is 24.6 Å². The van der Waals surface area contributed by atoms with Crippen molar-refractivity contribution in [2.24, 2.45) is 5.92 Å². The van der Waals surface area contributed by atoms with Crippen LogP contribution in [-0.4, -0.2) is 40.0 Å². The molecule has 0 aromatic heterocycles. The molecule has 5 rings (SSSR count). The van der Waals surface area contributed by atoms with Crippen molar-refractivity contribution >= 4 is 15.7 Å². The molecule has 2 aliphatic heterocycles. The lowest BCUT2D eigenvalue weighted by atomic mass is 9.77. The van der Waals surface area contributed by atoms with Gasteiger partial charge in [-0.2, -0.15) is 4.31 Å². The number of allylic oxidation sites excluding steroid dienone is 2. The lowest BCUT2D eigenvalue weighted by Gasteiger charge is -2.38. The second-order valence-corrected chi connectivity index (χ2v) is 10.7. The van der Waals surface area contributed by atoms with Crippen molar-refractivity contribution in [3.63, 3.8) is 0 Å². The number of ether oxygens (including phenoxy) is 2. The molecule has 0 amide bonds. The van der Waals surface area contributed by atoms with Gasteiger partial charge in [-0.25, -0.2) is 8.42 Å². The second kappa shape index (κ2) is 8.45. The smallest absolute Gasteiger partial charge is 0.243 e. The highest BCUT2D eigenvalue weighted by molar-refractivity contribution is 7.89. The lowest BCUT2D eigenvalue weighted by molar-refractivity contribution is 0.346. The van der Waals surface area contributed by atoms with Crippen LogP contribution in [0.25, 0.3) is 0 Å². The van der Waals surface area contributed by atoms with E-state index < -0.39 is 10.0 Å². The summed E-state index contributed by atoms with van der Waals surface area (Å²) >= 11 is 0. The summed E-state index contributed by atoms with van der Waals surface area (Å²) in [5.74, 6) is 1.92. The molecule has 3 atom stereocenters. The molecule has 6 nitrogen and oxygen atoms in total. The highest BCUT2D eigenvalue weighted by Crippen LogP contribution is 2.51. The van der Waals surface area contributed by atoms with Gasteiger partial charge in [-0.15, -0.1) is 0 Å². The minimum absolute atomic E-state index is 0.104. The third kappa shape index (κ3) is 3.57. The Balaban J connectivity index is 1.50. The van der Waals surface area contributed by atoms with Crippen molar-refractivity contribution in [1.82, 2.24) is 4.31 Å². The van der Waals surface area contributed by atoms with Crippen molar-refractivity contribution in [1.29, 1.82) is 0 Å². The standard InChI is InChI=1S/C25H30N2O4S/c1-30-23-12-9-17(15-24(23)31-2)25-20-8-6-7-19(20)21-16-18(10-11-22(21)26-25)32(28,29)27-13-4-3-5-14-27/h6-7,9-12,15-16,19-20,25-26H,3-5,8,13-14H2,1-2H3. The van der Waals surface area contributed by atoms with Crippen LogP contribution in [0.5, 0.6) is 11.5 Å². The predicted molar refractivity (Wildman–Crippen MR) is 125 cm³/mol. The number of rotatable bonds is 5. The Morgan fingerprint density at radius 2 is 1.75 bits per heavy atom. The molecule has 2 aromatic rings. The van der Waals surface area contributed by atoms with E-state index >= 15 is 0 Å². The number of nitrogens with one attached hydrogen (secondary N) is 1. The number of hydrogen-bond acceptors (Lipinski definition) is 5. The topological polar surface area (TPSA) is 67.9 Å². The third-order valence-electron chi connectivity index (χ3n) is 7.05. The Morgan fingerprint density at radius 1 is 0.969 bits per heavy atom. The number of fused-ring (bicyclic) bond motifs is 3. The molecule has 2 aromatic carbocycles. The average Bonchev–Trinajstić information content (AvgIpc) is 3.33. The van der Waals surface area contributed by atoms with E-state index in [0.717, 1.165) is 42.5 Å². The van der Waals surface area contributed by atoms with Crippen LogP contribution in [0.2, 0.25) is 0 Å². The molecule has 32 heavy (non-hydrogen) atoms. The summed E-state index contributed by atoms with van der Waals surface area (Å²) in [4.78, 5) is 0.406. The van der Waals surface area contributed by atoms with Crippen LogP contribution in [-0.2, 0) is 10.0 Å². The number of anilines is 1. The van der Waals surface area contributed by atoms with Gasteiger partial charge in [0, 0.05) is 24.7 Å². The van der Waals surface area contributed by atoms with E-state index in [-0.39, 0.29) is 12.0 Å². The molecule has 7 heteroatoms. The van der Waals surface area contributed by atoms with Gasteiger partial charge in [-0.3, -0.25) is 0 Å². The van der Waals surface area contributed by atoms with Gasteiger partial charge >= 0.3 is 0 Å². The molecular formula is C25H30N2O4S. The first-order valence-electron chi connectivity index (χ1n) is 11.3. The molecule has 1 saturated heterocycles. The molecule has 0 spiro atoms. The van der Waals surface area contributed by atoms with E-state index in [4.69, 9.17) is 9.47 Å². The first-order chi connectivity index (χ1) is 15.5. The fourth-order valence-electron chi connectivity index (χ4n) is 5.36. The average molecular weight is 455 g/mol. The lowest BCUT2D eigenvalue weighted by Crippen LogP contribution is -2.36. The largest absolute Gasteiger partial charge is 0.493 e. The summed E-state index contributed by atoms with van der Waals surface area (Å²) in [5, 5.41) is 3.69. The number of methoxy groups -OCH3 is 2. The minimum Gasteiger partial charge on any atom is -0.493 e. The summed E-state index contributed by atoms with van der Waals surface area (Å²) < 4.78 is 39.0. The van der Waals surface area contributed by atoms with E-state index in [2.05, 4.69) is 23.5 Å². The fraction of sp³-hybridized carbons (Fsp3) is 0.440. The number of benzene rings is 2. The van der Waals surface area contributed by atoms with Gasteiger partial charge < -0.3 is 14.8 Å². The third-order valence-corrected chi connectivity index (χ3v) is 8.95. The maximum Gasteiger partial charge on any atom is 0.243 e. The highest BCUT2D eigenvalue weighted by atomic mass is 32.2. The van der Waals surface area contributed by atoms with Crippen molar-refractivity contribution in [3.05, 3.63) is 59.7 Å². The summed E-state index contributed by atoms with van der Waals surface area (Å²) in [5.41, 5.74) is 3.20. The van der Waals surface area contributed by atoms with Crippen molar-refractivity contribution in [2.75, 3.05) is 32.6 Å². The molecule has 0 saturated carbocycles. The van der Waals surface area contributed by atoms with E-state index in [1.807, 2.05) is 24.3 Å². The molecule has 2 heterocycles. The van der Waals surface area contributed by atoms with Gasteiger partial charge in [-0.05, 0) is 66.6 Å². The maximum atomic E-state index is 13.2. The number of piperidine rings is 1. The van der Waals surface area contributed by atoms with E-state index in [1.54, 1.807) is 24.6 Å². The van der Waals surface area contributed by atoms with Crippen molar-refractivity contribution in [2.45, 2.75) is 42.5 Å². The van der Waals surface area contributed by atoms with Crippen LogP contribution in [0, 0.1) is 5.92 Å². The first kappa shape index (κ1) is 21.3. The summed E-state index contributed by atoms with van der Waals surface area (Å²) in [6, 6.07) is 11.7. The van der Waals surface area contributed by atoms with Crippen LogP contribution >= 0.6 is 0 Å². The Labute approximate surface area is 190 Å². The van der Waals surface area contributed by atoms with Gasteiger partial charge in [0.25, 0.3) is 0 Å². The molecule has 3 unspecified atom stereocenters. The highest BCUT2D eigenvalue weighted by Gasteiger charge is 2.39. The molecule has 0 radical (unpaired) electrons. The molecule has 1 fully saturated rings. The van der Waals surface area contributed by atoms with Crippen LogP contribution in [0.4, 0.5) is 5.69 Å². The quantitative estimate of drug-likeness (QED) is 0.663. The molecule has 1 N–H and O–H groups in total. The Hall–Kier alpha value is -2.51. The van der Waals surface area contributed by atoms with Crippen LogP contribution < -0.4 is 14.8 Å². The normalized spacial score (nSPS) is 25.0. The Bertz CT molecular complexity index is 1140. The Kier molecular flexibility index (Phi) is 5.63. The maximum absolute atomic E-state index is 13.2. The van der Waals surface area contributed by atoms with Crippen LogP contribution in [0.1, 0.15) is 48.8 Å². The van der Waals surface area contributed by atoms with Crippen LogP contribution in [0.3, 0.4) is 0 Å². The summed E-state index contributed by atoms with van der Waals surface area (Å²) in [6.07, 6.45) is 8.37. The first-order valence-corrected chi connectivity index (χ1v) is 12.8. The van der Waals surface area contributed by atoms with Gasteiger partial charge in [0.1, 0.15) is 0 Å². The van der Waals surface area contributed by atoms with Gasteiger partial charge in [0.05, 0.1) is 25.2 Å². The fourth-order valence-corrected chi connectivity index (χ4v) is 6.92. The second-order valence-electron chi connectivity index (χ2n) is 8.80. The molecular weight excluding hydrogens is 424 g/mol. The molecule has 0 bridgehead atoms. The monoisotopic (exact) mass is 454 g/mol. The van der Waals surface area contributed by atoms with Crippen LogP contribution in [0.15, 0.2) is 53.4 Å². The number of sulfonamides is 1. The predicted octanol–water partition coefficient (Wildman–Crippen LogP) is 4.70. The summed E-state index contributed by atoms with van der Waals surface area (Å²) in [7, 11) is -0.169. The van der Waals surface area contributed by atoms with E-state index in [9.17, 15) is 8.42 Å². The molecule has 1 aliphatic carbocycles. The zero-order valence-electron chi connectivity index (χ0n) is 18.6. The number of hydrogen-bond donors (Lipinski definition) is 1. The van der Waals surface area contributed by atoms with E-state index in [1.165, 1.54) is 0 Å². The van der Waals surface area contributed by atoms with Gasteiger partial charge in [0.2, 0.25) is 10.0 Å². The molecule has 170 valence electrons. The SMILES string of the molecule is COc1ccc(C2Nc3ccc(S(=O)(=O)N4CCCCC4)cc3C3C=CCC32)cc1OC. The molecule has 3 aliphatic rings.